The number of carbonyl (C=O) groups excluding carboxylic acids is 1. The molecule has 1 atom stereocenters. The van der Waals surface area contributed by atoms with Gasteiger partial charge in [0, 0.05) is 19.2 Å². The third-order valence-electron chi connectivity index (χ3n) is 2.96. The lowest BCUT2D eigenvalue weighted by molar-refractivity contribution is -0.144. The van der Waals surface area contributed by atoms with Crippen LogP contribution in [-0.2, 0) is 12.7 Å². The summed E-state index contributed by atoms with van der Waals surface area (Å²) in [6, 6.07) is -0.362. The van der Waals surface area contributed by atoms with E-state index in [1.165, 1.54) is 6.92 Å². The van der Waals surface area contributed by atoms with E-state index in [1.807, 2.05) is 0 Å². The van der Waals surface area contributed by atoms with Crippen LogP contribution >= 0.6 is 0 Å². The number of aliphatic hydroxyl groups excluding tert-OH is 1. The van der Waals surface area contributed by atoms with Gasteiger partial charge in [-0.05, 0) is 19.8 Å². The molecule has 1 unspecified atom stereocenters. The van der Waals surface area contributed by atoms with Crippen LogP contribution in [0.4, 0.5) is 13.2 Å². The van der Waals surface area contributed by atoms with E-state index in [9.17, 15) is 18.0 Å². The smallest absolute Gasteiger partial charge is 0.396 e. The summed E-state index contributed by atoms with van der Waals surface area (Å²) in [6.07, 6.45) is -2.90. The molecule has 5 nitrogen and oxygen atoms in total. The van der Waals surface area contributed by atoms with Crippen LogP contribution in [0.3, 0.4) is 0 Å². The van der Waals surface area contributed by atoms with E-state index in [0.717, 1.165) is 10.9 Å². The zero-order chi connectivity index (χ0) is 15.3. The number of aryl methyl sites for hydroxylation is 1. The number of nitrogens with one attached hydrogen (secondary N) is 1. The zero-order valence-electron chi connectivity index (χ0n) is 11.4. The molecule has 8 heteroatoms. The van der Waals surface area contributed by atoms with E-state index < -0.39 is 23.3 Å². The lowest BCUT2D eigenvalue weighted by atomic mass is 10.1. The molecule has 0 aliphatic carbocycles. The number of alkyl halides is 3. The van der Waals surface area contributed by atoms with Gasteiger partial charge in [0.05, 0.1) is 11.8 Å². The van der Waals surface area contributed by atoms with E-state index in [2.05, 4.69) is 10.4 Å². The molecule has 20 heavy (non-hydrogen) atoms. The van der Waals surface area contributed by atoms with Crippen molar-refractivity contribution < 1.29 is 23.1 Å². The first-order chi connectivity index (χ1) is 9.35. The average molecular weight is 293 g/mol. The van der Waals surface area contributed by atoms with Crippen molar-refractivity contribution in [2.75, 3.05) is 6.61 Å². The Hall–Kier alpha value is -1.57. The molecule has 0 fully saturated rings. The summed E-state index contributed by atoms with van der Waals surface area (Å²) < 4.78 is 39.7. The van der Waals surface area contributed by atoms with Crippen molar-refractivity contribution in [3.8, 4) is 0 Å². The molecule has 0 saturated heterocycles. The van der Waals surface area contributed by atoms with Gasteiger partial charge in [0.15, 0.2) is 5.69 Å². The third-order valence-corrected chi connectivity index (χ3v) is 2.96. The topological polar surface area (TPSA) is 67.2 Å². The molecule has 0 spiro atoms. The van der Waals surface area contributed by atoms with Crippen molar-refractivity contribution in [1.29, 1.82) is 0 Å². The fourth-order valence-corrected chi connectivity index (χ4v) is 1.89. The zero-order valence-corrected chi connectivity index (χ0v) is 11.4. The number of amides is 1. The molecular formula is C12H18F3N3O2. The molecule has 0 saturated carbocycles. The van der Waals surface area contributed by atoms with Crippen molar-refractivity contribution in [1.82, 2.24) is 15.1 Å². The molecule has 0 aromatic carbocycles. The van der Waals surface area contributed by atoms with E-state index in [-0.39, 0.29) is 19.2 Å². The van der Waals surface area contributed by atoms with E-state index in [0.29, 0.717) is 12.8 Å². The number of hydrogen-bond acceptors (Lipinski definition) is 3. The highest BCUT2D eigenvalue weighted by Gasteiger charge is 2.39. The highest BCUT2D eigenvalue weighted by molar-refractivity contribution is 5.95. The second kappa shape index (κ2) is 6.74. The number of aliphatic hydroxyl groups is 1. The van der Waals surface area contributed by atoms with Crippen molar-refractivity contribution in [3.05, 3.63) is 17.5 Å². The Balaban J connectivity index is 3.02. The van der Waals surface area contributed by atoms with Gasteiger partial charge in [0.1, 0.15) is 0 Å². The van der Waals surface area contributed by atoms with Gasteiger partial charge in [-0.25, -0.2) is 0 Å². The summed E-state index contributed by atoms with van der Waals surface area (Å²) in [5, 5.41) is 14.9. The van der Waals surface area contributed by atoms with Gasteiger partial charge in [0.25, 0.3) is 5.91 Å². The molecule has 0 radical (unpaired) electrons. The monoisotopic (exact) mass is 293 g/mol. The maximum absolute atomic E-state index is 13.0. The van der Waals surface area contributed by atoms with Gasteiger partial charge in [-0.2, -0.15) is 18.3 Å². The van der Waals surface area contributed by atoms with Crippen molar-refractivity contribution in [3.63, 3.8) is 0 Å². The molecule has 1 rings (SSSR count). The first-order valence-electron chi connectivity index (χ1n) is 6.39. The van der Waals surface area contributed by atoms with Crippen LogP contribution < -0.4 is 5.32 Å². The first-order valence-corrected chi connectivity index (χ1v) is 6.39. The number of hydrogen-bond donors (Lipinski definition) is 2. The quantitative estimate of drug-likeness (QED) is 0.840. The summed E-state index contributed by atoms with van der Waals surface area (Å²) in [5.74, 6) is -0.822. The molecule has 2 N–H and O–H groups in total. The van der Waals surface area contributed by atoms with Crippen molar-refractivity contribution >= 4 is 5.91 Å². The normalized spacial score (nSPS) is 13.3. The van der Waals surface area contributed by atoms with E-state index in [1.54, 1.807) is 6.92 Å². The molecule has 1 heterocycles. The van der Waals surface area contributed by atoms with Crippen LogP contribution in [0.5, 0.6) is 0 Å². The molecule has 0 aliphatic heterocycles. The Labute approximate surface area is 114 Å². The molecule has 0 bridgehead atoms. The molecule has 1 aromatic rings. The minimum Gasteiger partial charge on any atom is -0.396 e. The van der Waals surface area contributed by atoms with Gasteiger partial charge >= 0.3 is 6.18 Å². The number of halogens is 3. The predicted molar refractivity (Wildman–Crippen MR) is 66.2 cm³/mol. The Morgan fingerprint density at radius 1 is 1.50 bits per heavy atom. The van der Waals surface area contributed by atoms with Crippen LogP contribution in [0.15, 0.2) is 6.20 Å². The Kier molecular flexibility index (Phi) is 5.55. The summed E-state index contributed by atoms with van der Waals surface area (Å²) in [4.78, 5) is 11.9. The highest BCUT2D eigenvalue weighted by Crippen LogP contribution is 2.32. The molecule has 1 aromatic heterocycles. The van der Waals surface area contributed by atoms with Crippen LogP contribution in [0, 0.1) is 0 Å². The first kappa shape index (κ1) is 16.5. The highest BCUT2D eigenvalue weighted by atomic mass is 19.4. The van der Waals surface area contributed by atoms with Crippen LogP contribution in [-0.4, -0.2) is 33.4 Å². The minimum absolute atomic E-state index is 0.0238. The maximum atomic E-state index is 13.0. The molecular weight excluding hydrogens is 275 g/mol. The fourth-order valence-electron chi connectivity index (χ4n) is 1.89. The average Bonchev–Trinajstić information content (AvgIpc) is 2.81. The molecule has 114 valence electrons. The lowest BCUT2D eigenvalue weighted by Gasteiger charge is -2.16. The van der Waals surface area contributed by atoms with Crippen molar-refractivity contribution in [2.24, 2.45) is 0 Å². The summed E-state index contributed by atoms with van der Waals surface area (Å²) in [7, 11) is 0. The third kappa shape index (κ3) is 3.72. The standard InChI is InChI=1S/C12H18F3N3O2/c1-3-8(5-6-19)17-11(20)9-7-16-18(4-2)10(9)12(13,14)15/h7-8,19H,3-6H2,1-2H3,(H,17,20). The van der Waals surface area contributed by atoms with Gasteiger partial charge in [0.2, 0.25) is 0 Å². The summed E-state index contributed by atoms with van der Waals surface area (Å²) in [6.45, 7) is 3.18. The second-order valence-corrected chi connectivity index (χ2v) is 4.31. The number of rotatable bonds is 6. The lowest BCUT2D eigenvalue weighted by Crippen LogP contribution is -2.36. The predicted octanol–water partition coefficient (Wildman–Crippen LogP) is 1.81. The molecule has 1 amide bonds. The van der Waals surface area contributed by atoms with Crippen LogP contribution in [0.2, 0.25) is 0 Å². The number of aromatic nitrogens is 2. The fraction of sp³-hybridized carbons (Fsp3) is 0.667. The van der Waals surface area contributed by atoms with Gasteiger partial charge < -0.3 is 10.4 Å². The van der Waals surface area contributed by atoms with Gasteiger partial charge in [-0.15, -0.1) is 0 Å². The van der Waals surface area contributed by atoms with Gasteiger partial charge in [-0.3, -0.25) is 9.48 Å². The number of carbonyl (C=O) groups is 1. The Morgan fingerprint density at radius 3 is 2.60 bits per heavy atom. The Morgan fingerprint density at radius 2 is 2.15 bits per heavy atom. The largest absolute Gasteiger partial charge is 0.433 e. The van der Waals surface area contributed by atoms with Crippen LogP contribution in [0.1, 0.15) is 42.7 Å². The minimum atomic E-state index is -4.64. The summed E-state index contributed by atoms with van der Waals surface area (Å²) in [5.41, 5.74) is -1.54. The maximum Gasteiger partial charge on any atom is 0.433 e. The van der Waals surface area contributed by atoms with Crippen LogP contribution in [0.25, 0.3) is 0 Å². The summed E-state index contributed by atoms with van der Waals surface area (Å²) >= 11 is 0. The second-order valence-electron chi connectivity index (χ2n) is 4.31. The SMILES string of the molecule is CCC(CCO)NC(=O)c1cnn(CC)c1C(F)(F)F. The molecule has 0 aliphatic rings. The van der Waals surface area contributed by atoms with Crippen molar-refractivity contribution in [2.45, 2.75) is 45.5 Å². The van der Waals surface area contributed by atoms with E-state index >= 15 is 0 Å². The van der Waals surface area contributed by atoms with E-state index in [4.69, 9.17) is 5.11 Å². The Bertz CT molecular complexity index is 457. The number of nitrogens with zero attached hydrogens (tertiary/aromatic N) is 2. The van der Waals surface area contributed by atoms with Gasteiger partial charge in [-0.1, -0.05) is 6.92 Å².